The monoisotopic (exact) mass is 292 g/mol. The Kier molecular flexibility index (Phi) is 3.51. The minimum Gasteiger partial charge on any atom is -0.497 e. The third-order valence-electron chi connectivity index (χ3n) is 3.60. The predicted molar refractivity (Wildman–Crippen MR) is 72.3 cm³/mol. The highest BCUT2D eigenvalue weighted by molar-refractivity contribution is 5.44. The van der Waals surface area contributed by atoms with E-state index < -0.39 is 23.8 Å². The van der Waals surface area contributed by atoms with E-state index in [0.717, 1.165) is 6.07 Å². The van der Waals surface area contributed by atoms with Crippen LogP contribution < -0.4 is 9.47 Å². The van der Waals surface area contributed by atoms with Crippen LogP contribution in [0.3, 0.4) is 0 Å². The third kappa shape index (κ3) is 2.56. The zero-order valence-corrected chi connectivity index (χ0v) is 11.3. The molecule has 1 aliphatic heterocycles. The van der Waals surface area contributed by atoms with Crippen LogP contribution in [0.1, 0.15) is 29.8 Å². The summed E-state index contributed by atoms with van der Waals surface area (Å²) in [4.78, 5) is 0. The molecule has 1 heterocycles. The fraction of sp³-hybridized carbons (Fsp3) is 0.250. The molecule has 2 aromatic rings. The van der Waals surface area contributed by atoms with Gasteiger partial charge in [-0.2, -0.15) is 0 Å². The first-order chi connectivity index (χ1) is 10.1. The van der Waals surface area contributed by atoms with Gasteiger partial charge in [0.25, 0.3) is 0 Å². The van der Waals surface area contributed by atoms with Crippen molar-refractivity contribution >= 4 is 0 Å². The van der Waals surface area contributed by atoms with Crippen LogP contribution in [-0.4, -0.2) is 12.2 Å². The molecule has 0 radical (unpaired) electrons. The van der Waals surface area contributed by atoms with Gasteiger partial charge >= 0.3 is 0 Å². The van der Waals surface area contributed by atoms with Gasteiger partial charge in [0.05, 0.1) is 13.2 Å². The second kappa shape index (κ2) is 5.33. The van der Waals surface area contributed by atoms with Crippen molar-refractivity contribution in [3.63, 3.8) is 0 Å². The Morgan fingerprint density at radius 3 is 2.62 bits per heavy atom. The highest BCUT2D eigenvalue weighted by atomic mass is 19.1. The molecule has 1 aliphatic rings. The number of benzene rings is 2. The van der Waals surface area contributed by atoms with E-state index in [2.05, 4.69) is 0 Å². The number of halogens is 2. The van der Waals surface area contributed by atoms with E-state index in [1.807, 2.05) is 0 Å². The molecule has 0 aliphatic carbocycles. The van der Waals surface area contributed by atoms with Crippen LogP contribution in [0.25, 0.3) is 0 Å². The summed E-state index contributed by atoms with van der Waals surface area (Å²) in [5, 5.41) is 10.2. The first-order valence-electron chi connectivity index (χ1n) is 6.56. The zero-order chi connectivity index (χ0) is 15.0. The lowest BCUT2D eigenvalue weighted by Crippen LogP contribution is -2.20. The molecule has 0 aromatic heterocycles. The van der Waals surface area contributed by atoms with Gasteiger partial charge in [-0.3, -0.25) is 0 Å². The average molecular weight is 292 g/mol. The fourth-order valence-electron chi connectivity index (χ4n) is 2.50. The summed E-state index contributed by atoms with van der Waals surface area (Å²) in [7, 11) is 1.53. The molecule has 0 amide bonds. The van der Waals surface area contributed by atoms with Crippen molar-refractivity contribution in [2.45, 2.75) is 18.6 Å². The molecule has 2 atom stereocenters. The highest BCUT2D eigenvalue weighted by Crippen LogP contribution is 2.42. The number of aliphatic hydroxyl groups excluding tert-OH is 1. The summed E-state index contributed by atoms with van der Waals surface area (Å²) in [6.07, 6.45) is -1.23. The van der Waals surface area contributed by atoms with E-state index in [4.69, 9.17) is 9.47 Å². The second-order valence-corrected chi connectivity index (χ2v) is 4.93. The smallest absolute Gasteiger partial charge is 0.133 e. The molecule has 21 heavy (non-hydrogen) atoms. The van der Waals surface area contributed by atoms with Crippen LogP contribution in [-0.2, 0) is 0 Å². The van der Waals surface area contributed by atoms with Gasteiger partial charge in [-0.15, -0.1) is 0 Å². The molecule has 1 N–H and O–H groups in total. The number of ether oxygens (including phenoxy) is 2. The Balaban J connectivity index is 1.96. The van der Waals surface area contributed by atoms with E-state index >= 15 is 0 Å². The Bertz CT molecular complexity index is 673. The maximum atomic E-state index is 13.9. The number of hydrogen-bond donors (Lipinski definition) is 1. The van der Waals surface area contributed by atoms with Crippen molar-refractivity contribution in [2.24, 2.45) is 0 Å². The molecule has 3 nitrogen and oxygen atoms in total. The first-order valence-corrected chi connectivity index (χ1v) is 6.56. The fourth-order valence-corrected chi connectivity index (χ4v) is 2.50. The molecule has 0 spiro atoms. The lowest BCUT2D eigenvalue weighted by Gasteiger charge is -2.30. The van der Waals surface area contributed by atoms with Crippen LogP contribution in [0.2, 0.25) is 0 Å². The minimum atomic E-state index is -0.769. The van der Waals surface area contributed by atoms with Crippen molar-refractivity contribution in [1.29, 1.82) is 0 Å². The predicted octanol–water partition coefficient (Wildman–Crippen LogP) is 3.53. The molecule has 3 rings (SSSR count). The van der Waals surface area contributed by atoms with Gasteiger partial charge < -0.3 is 14.6 Å². The second-order valence-electron chi connectivity index (χ2n) is 4.93. The molecular weight excluding hydrogens is 278 g/mol. The highest BCUT2D eigenvalue weighted by Gasteiger charge is 2.30. The molecule has 2 aromatic carbocycles. The average Bonchev–Trinajstić information content (AvgIpc) is 2.46. The van der Waals surface area contributed by atoms with E-state index in [9.17, 15) is 13.9 Å². The van der Waals surface area contributed by atoms with Crippen LogP contribution >= 0.6 is 0 Å². The summed E-state index contributed by atoms with van der Waals surface area (Å²) in [6, 6.07) is 8.42. The Hall–Kier alpha value is -2.14. The summed E-state index contributed by atoms with van der Waals surface area (Å²) in [5.74, 6) is -0.295. The van der Waals surface area contributed by atoms with Gasteiger partial charge in [0.2, 0.25) is 0 Å². The SMILES string of the molecule is COc1ccc2c(c1)OC(c1ccc(F)cc1F)C[C@H]2O. The molecule has 1 unspecified atom stereocenters. The Morgan fingerprint density at radius 1 is 1.14 bits per heavy atom. The summed E-state index contributed by atoms with van der Waals surface area (Å²) in [5.41, 5.74) is 0.860. The quantitative estimate of drug-likeness (QED) is 0.920. The van der Waals surface area contributed by atoms with Gasteiger partial charge in [-0.1, -0.05) is 0 Å². The van der Waals surface area contributed by atoms with Crippen molar-refractivity contribution in [3.05, 3.63) is 59.2 Å². The van der Waals surface area contributed by atoms with E-state index in [1.165, 1.54) is 19.2 Å². The van der Waals surface area contributed by atoms with Gasteiger partial charge in [-0.25, -0.2) is 8.78 Å². The van der Waals surface area contributed by atoms with Gasteiger partial charge in [0, 0.05) is 29.7 Å². The van der Waals surface area contributed by atoms with E-state index in [-0.39, 0.29) is 12.0 Å². The van der Waals surface area contributed by atoms with Crippen molar-refractivity contribution in [3.8, 4) is 11.5 Å². The lowest BCUT2D eigenvalue weighted by molar-refractivity contribution is 0.0637. The molecule has 5 heteroatoms. The lowest BCUT2D eigenvalue weighted by atomic mass is 9.94. The van der Waals surface area contributed by atoms with Gasteiger partial charge in [0.1, 0.15) is 29.2 Å². The minimum absolute atomic E-state index is 0.210. The standard InChI is InChI=1S/C16H14F2O3/c1-20-10-3-5-12-14(19)8-16(21-15(12)7-10)11-4-2-9(17)6-13(11)18/h2-7,14,16,19H,8H2,1H3/t14-,16?/m1/s1. The molecule has 0 fully saturated rings. The zero-order valence-electron chi connectivity index (χ0n) is 11.3. The Labute approximate surface area is 120 Å². The maximum absolute atomic E-state index is 13.9. The van der Waals surface area contributed by atoms with Crippen molar-refractivity contribution in [1.82, 2.24) is 0 Å². The molecule has 0 saturated heterocycles. The third-order valence-corrected chi connectivity index (χ3v) is 3.60. The van der Waals surface area contributed by atoms with Crippen molar-refractivity contribution < 1.29 is 23.4 Å². The Morgan fingerprint density at radius 2 is 1.90 bits per heavy atom. The number of rotatable bonds is 2. The number of methoxy groups -OCH3 is 1. The summed E-state index contributed by atoms with van der Waals surface area (Å²) >= 11 is 0. The number of fused-ring (bicyclic) bond motifs is 1. The van der Waals surface area contributed by atoms with E-state index in [0.29, 0.717) is 17.1 Å². The van der Waals surface area contributed by atoms with Gasteiger partial charge in [-0.05, 0) is 24.3 Å². The van der Waals surface area contributed by atoms with Gasteiger partial charge in [0.15, 0.2) is 0 Å². The molecule has 0 bridgehead atoms. The maximum Gasteiger partial charge on any atom is 0.133 e. The topological polar surface area (TPSA) is 38.7 Å². The molecular formula is C16H14F2O3. The molecule has 110 valence electrons. The molecule has 0 saturated carbocycles. The van der Waals surface area contributed by atoms with Crippen LogP contribution in [0.4, 0.5) is 8.78 Å². The normalized spacial score (nSPS) is 20.6. The van der Waals surface area contributed by atoms with Crippen molar-refractivity contribution in [2.75, 3.05) is 7.11 Å². The first kappa shape index (κ1) is 13.8. The van der Waals surface area contributed by atoms with Crippen LogP contribution in [0.15, 0.2) is 36.4 Å². The van der Waals surface area contributed by atoms with E-state index in [1.54, 1.807) is 18.2 Å². The summed E-state index contributed by atoms with van der Waals surface area (Å²) in [6.45, 7) is 0. The summed E-state index contributed by atoms with van der Waals surface area (Å²) < 4.78 is 37.7. The largest absolute Gasteiger partial charge is 0.497 e. The number of hydrogen-bond acceptors (Lipinski definition) is 3. The van der Waals surface area contributed by atoms with Crippen LogP contribution in [0, 0.1) is 11.6 Å². The van der Waals surface area contributed by atoms with Crippen LogP contribution in [0.5, 0.6) is 11.5 Å². The number of aliphatic hydroxyl groups is 1.